The maximum atomic E-state index is 3.62. The number of nitrogens with zero attached hydrogens (tertiary/aromatic N) is 1. The Hall–Kier alpha value is -0.860. The second-order valence-corrected chi connectivity index (χ2v) is 6.63. The van der Waals surface area contributed by atoms with E-state index in [2.05, 4.69) is 41.4 Å². The smallest absolute Gasteiger partial charge is 0.0252 e. The highest BCUT2D eigenvalue weighted by atomic mass is 15.2. The minimum absolute atomic E-state index is 0.754. The molecule has 110 valence electrons. The first-order chi connectivity index (χ1) is 9.83. The quantitative estimate of drug-likeness (QED) is 0.908. The van der Waals surface area contributed by atoms with Crippen molar-refractivity contribution in [3.63, 3.8) is 0 Å². The van der Waals surface area contributed by atoms with Gasteiger partial charge in [-0.25, -0.2) is 0 Å². The topological polar surface area (TPSA) is 15.3 Å². The molecular formula is C18H28N2. The van der Waals surface area contributed by atoms with Gasteiger partial charge in [-0.1, -0.05) is 49.1 Å². The van der Waals surface area contributed by atoms with Gasteiger partial charge < -0.3 is 5.32 Å². The average Bonchev–Trinajstić information content (AvgIpc) is 2.49. The van der Waals surface area contributed by atoms with E-state index in [0.717, 1.165) is 25.0 Å². The number of hydrogen-bond donors (Lipinski definition) is 1. The van der Waals surface area contributed by atoms with Gasteiger partial charge in [-0.05, 0) is 31.2 Å². The van der Waals surface area contributed by atoms with Crippen molar-refractivity contribution in [2.45, 2.75) is 51.6 Å². The van der Waals surface area contributed by atoms with E-state index in [1.165, 1.54) is 56.3 Å². The third-order valence-electron chi connectivity index (χ3n) is 5.06. The maximum Gasteiger partial charge on any atom is 0.0252 e. The van der Waals surface area contributed by atoms with Crippen molar-refractivity contribution in [2.75, 3.05) is 19.6 Å². The fourth-order valence-electron chi connectivity index (χ4n) is 3.99. The van der Waals surface area contributed by atoms with Crippen LogP contribution in [0.4, 0.5) is 0 Å². The molecule has 0 aromatic heterocycles. The van der Waals surface area contributed by atoms with Crippen LogP contribution < -0.4 is 5.32 Å². The van der Waals surface area contributed by atoms with E-state index in [-0.39, 0.29) is 0 Å². The van der Waals surface area contributed by atoms with E-state index < -0.39 is 0 Å². The molecule has 0 radical (unpaired) electrons. The van der Waals surface area contributed by atoms with Crippen molar-refractivity contribution in [3.05, 3.63) is 35.4 Å². The summed E-state index contributed by atoms with van der Waals surface area (Å²) in [6.07, 6.45) is 7.22. The molecule has 2 fully saturated rings. The minimum Gasteiger partial charge on any atom is -0.314 e. The van der Waals surface area contributed by atoms with Gasteiger partial charge in [0, 0.05) is 32.2 Å². The highest BCUT2D eigenvalue weighted by molar-refractivity contribution is 5.22. The average molecular weight is 272 g/mol. The lowest BCUT2D eigenvalue weighted by Gasteiger charge is -2.42. The molecule has 1 saturated carbocycles. The predicted octanol–water partition coefficient (Wildman–Crippen LogP) is 3.35. The van der Waals surface area contributed by atoms with E-state index in [4.69, 9.17) is 0 Å². The van der Waals surface area contributed by atoms with Gasteiger partial charge in [0.25, 0.3) is 0 Å². The zero-order chi connectivity index (χ0) is 13.8. The summed E-state index contributed by atoms with van der Waals surface area (Å²) in [6, 6.07) is 9.78. The Kier molecular flexibility index (Phi) is 4.74. The van der Waals surface area contributed by atoms with Crippen LogP contribution in [0.25, 0.3) is 0 Å². The third kappa shape index (κ3) is 3.42. The fourth-order valence-corrected chi connectivity index (χ4v) is 3.99. The Morgan fingerprint density at radius 1 is 1.20 bits per heavy atom. The minimum atomic E-state index is 0.754. The van der Waals surface area contributed by atoms with Gasteiger partial charge in [0.15, 0.2) is 0 Å². The van der Waals surface area contributed by atoms with Crippen molar-refractivity contribution in [1.29, 1.82) is 0 Å². The molecule has 1 aromatic carbocycles. The molecule has 2 aliphatic rings. The molecule has 1 aliphatic heterocycles. The number of benzene rings is 1. The van der Waals surface area contributed by atoms with Gasteiger partial charge in [0.05, 0.1) is 0 Å². The lowest BCUT2D eigenvalue weighted by molar-refractivity contribution is 0.0860. The van der Waals surface area contributed by atoms with E-state index in [1.54, 1.807) is 0 Å². The predicted molar refractivity (Wildman–Crippen MR) is 84.8 cm³/mol. The molecule has 1 heterocycles. The summed E-state index contributed by atoms with van der Waals surface area (Å²) in [6.45, 7) is 6.87. The Morgan fingerprint density at radius 3 is 2.85 bits per heavy atom. The van der Waals surface area contributed by atoms with Gasteiger partial charge in [0.1, 0.15) is 0 Å². The molecule has 3 rings (SSSR count). The van der Waals surface area contributed by atoms with Crippen molar-refractivity contribution >= 4 is 0 Å². The van der Waals surface area contributed by atoms with E-state index >= 15 is 0 Å². The normalized spacial score (nSPS) is 25.8. The van der Waals surface area contributed by atoms with Crippen molar-refractivity contribution in [2.24, 2.45) is 5.92 Å². The van der Waals surface area contributed by atoms with Crippen LogP contribution in [0.1, 0.15) is 43.2 Å². The highest BCUT2D eigenvalue weighted by Gasteiger charge is 2.30. The first-order valence-corrected chi connectivity index (χ1v) is 8.33. The number of rotatable bonds is 3. The first-order valence-electron chi connectivity index (χ1n) is 8.33. The molecular weight excluding hydrogens is 244 g/mol. The van der Waals surface area contributed by atoms with E-state index in [9.17, 15) is 0 Å². The van der Waals surface area contributed by atoms with Gasteiger partial charge in [-0.2, -0.15) is 0 Å². The summed E-state index contributed by atoms with van der Waals surface area (Å²) in [5.41, 5.74) is 2.86. The Bertz CT molecular complexity index is 423. The third-order valence-corrected chi connectivity index (χ3v) is 5.06. The molecule has 1 aromatic rings. The van der Waals surface area contributed by atoms with Gasteiger partial charge >= 0.3 is 0 Å². The first kappa shape index (κ1) is 14.1. The van der Waals surface area contributed by atoms with Gasteiger partial charge in [-0.3, -0.25) is 4.90 Å². The van der Waals surface area contributed by atoms with Crippen LogP contribution in [-0.2, 0) is 6.54 Å². The zero-order valence-corrected chi connectivity index (χ0v) is 12.8. The lowest BCUT2D eigenvalue weighted by atomic mass is 9.82. The van der Waals surface area contributed by atoms with E-state index in [0.29, 0.717) is 0 Å². The maximum absolute atomic E-state index is 3.62. The lowest BCUT2D eigenvalue weighted by Crippen LogP contribution is -2.54. The summed E-state index contributed by atoms with van der Waals surface area (Å²) >= 11 is 0. The van der Waals surface area contributed by atoms with Crippen LogP contribution in [0.3, 0.4) is 0 Å². The second-order valence-electron chi connectivity index (χ2n) is 6.63. The summed E-state index contributed by atoms with van der Waals surface area (Å²) in [5, 5.41) is 3.62. The van der Waals surface area contributed by atoms with Crippen LogP contribution in [0.15, 0.2) is 24.3 Å². The largest absolute Gasteiger partial charge is 0.314 e. The molecule has 2 heteroatoms. The van der Waals surface area contributed by atoms with Crippen LogP contribution >= 0.6 is 0 Å². The molecule has 1 atom stereocenters. The Labute approximate surface area is 123 Å². The van der Waals surface area contributed by atoms with Crippen LogP contribution in [0.5, 0.6) is 0 Å². The Balaban J connectivity index is 1.68. The summed E-state index contributed by atoms with van der Waals surface area (Å²) in [7, 11) is 0. The van der Waals surface area contributed by atoms with Crippen molar-refractivity contribution in [1.82, 2.24) is 10.2 Å². The second kappa shape index (κ2) is 6.73. The molecule has 0 spiro atoms. The molecule has 2 nitrogen and oxygen atoms in total. The van der Waals surface area contributed by atoms with Crippen molar-refractivity contribution < 1.29 is 0 Å². The Morgan fingerprint density at radius 2 is 2.05 bits per heavy atom. The van der Waals surface area contributed by atoms with Crippen LogP contribution in [-0.4, -0.2) is 30.6 Å². The zero-order valence-electron chi connectivity index (χ0n) is 12.8. The number of hydrogen-bond acceptors (Lipinski definition) is 2. The number of nitrogens with one attached hydrogen (secondary N) is 1. The number of aryl methyl sites for hydroxylation is 1. The molecule has 0 amide bonds. The molecule has 1 saturated heterocycles. The summed E-state index contributed by atoms with van der Waals surface area (Å²) in [4.78, 5) is 2.74. The molecule has 20 heavy (non-hydrogen) atoms. The summed E-state index contributed by atoms with van der Waals surface area (Å²) < 4.78 is 0. The highest BCUT2D eigenvalue weighted by Crippen LogP contribution is 2.30. The SMILES string of the molecule is Cc1cccc(CN2CCNCC2C2CCCCC2)c1. The van der Waals surface area contributed by atoms with E-state index in [1.807, 2.05) is 0 Å². The summed E-state index contributed by atoms with van der Waals surface area (Å²) in [5.74, 6) is 0.918. The molecule has 1 N–H and O–H groups in total. The van der Waals surface area contributed by atoms with Crippen molar-refractivity contribution in [3.8, 4) is 0 Å². The van der Waals surface area contributed by atoms with Crippen LogP contribution in [0.2, 0.25) is 0 Å². The standard InChI is InChI=1S/C18H28N2/c1-15-6-5-7-16(12-15)14-20-11-10-19-13-18(20)17-8-3-2-4-9-17/h5-7,12,17-19H,2-4,8-11,13-14H2,1H3. The van der Waals surface area contributed by atoms with Gasteiger partial charge in [-0.15, -0.1) is 0 Å². The molecule has 0 bridgehead atoms. The number of piperazine rings is 1. The molecule has 1 unspecified atom stereocenters. The van der Waals surface area contributed by atoms with Gasteiger partial charge in [0.2, 0.25) is 0 Å². The molecule has 1 aliphatic carbocycles. The van der Waals surface area contributed by atoms with Crippen LogP contribution in [0, 0.1) is 12.8 Å². The monoisotopic (exact) mass is 272 g/mol. The fraction of sp³-hybridized carbons (Fsp3) is 0.667.